The first-order valence-electron chi connectivity index (χ1n) is 8.20. The molecule has 1 aliphatic rings. The van der Waals surface area contributed by atoms with Gasteiger partial charge in [0.15, 0.2) is 5.76 Å². The molecule has 1 saturated heterocycles. The Hall–Kier alpha value is -1.65. The highest BCUT2D eigenvalue weighted by atomic mass is 16.5. The van der Waals surface area contributed by atoms with E-state index in [-0.39, 0.29) is 0 Å². The summed E-state index contributed by atoms with van der Waals surface area (Å²) in [5, 5.41) is 3.95. The van der Waals surface area contributed by atoms with Gasteiger partial charge in [-0.2, -0.15) is 0 Å². The van der Waals surface area contributed by atoms with Gasteiger partial charge in [0, 0.05) is 32.2 Å². The van der Waals surface area contributed by atoms with Crippen molar-refractivity contribution in [3.63, 3.8) is 0 Å². The van der Waals surface area contributed by atoms with Gasteiger partial charge < -0.3 is 9.42 Å². The van der Waals surface area contributed by atoms with E-state index in [0.29, 0.717) is 0 Å². The van der Waals surface area contributed by atoms with Gasteiger partial charge in [0.2, 0.25) is 0 Å². The fourth-order valence-electron chi connectivity index (χ4n) is 3.03. The molecular formula is C18H25N3O. The molecule has 2 heterocycles. The summed E-state index contributed by atoms with van der Waals surface area (Å²) in [4.78, 5) is 5.03. The lowest BCUT2D eigenvalue weighted by Gasteiger charge is -2.34. The van der Waals surface area contributed by atoms with Gasteiger partial charge in [-0.3, -0.25) is 4.90 Å². The molecule has 22 heavy (non-hydrogen) atoms. The van der Waals surface area contributed by atoms with Gasteiger partial charge in [-0.15, -0.1) is 0 Å². The Labute approximate surface area is 132 Å². The van der Waals surface area contributed by atoms with Crippen LogP contribution in [0.4, 0.5) is 0 Å². The molecule has 3 rings (SSSR count). The monoisotopic (exact) mass is 299 g/mol. The standard InChI is InChI=1S/C18H25N3O/c1-16-14-18(22-19-16)15-21-12-10-20(11-13-21)9-5-8-17-6-3-2-4-7-17/h2-4,6-7,14H,5,8-13,15H2,1H3. The van der Waals surface area contributed by atoms with Crippen molar-refractivity contribution in [1.29, 1.82) is 0 Å². The zero-order chi connectivity index (χ0) is 15.2. The first-order valence-corrected chi connectivity index (χ1v) is 8.20. The molecule has 0 radical (unpaired) electrons. The number of aromatic nitrogens is 1. The molecule has 4 heteroatoms. The zero-order valence-electron chi connectivity index (χ0n) is 13.4. The normalized spacial score (nSPS) is 17.0. The Bertz CT molecular complexity index is 559. The Morgan fingerprint density at radius 2 is 1.77 bits per heavy atom. The second-order valence-corrected chi connectivity index (χ2v) is 6.14. The van der Waals surface area contributed by atoms with Crippen LogP contribution in [0.5, 0.6) is 0 Å². The lowest BCUT2D eigenvalue weighted by molar-refractivity contribution is 0.117. The minimum absolute atomic E-state index is 0.888. The second kappa shape index (κ2) is 7.56. The number of aryl methyl sites for hydroxylation is 2. The number of nitrogens with zero attached hydrogens (tertiary/aromatic N) is 3. The molecule has 0 aliphatic carbocycles. The van der Waals surface area contributed by atoms with Crippen LogP contribution in [0.3, 0.4) is 0 Å². The first kappa shape index (κ1) is 15.3. The van der Waals surface area contributed by atoms with Crippen molar-refractivity contribution in [2.75, 3.05) is 32.7 Å². The van der Waals surface area contributed by atoms with Crippen molar-refractivity contribution in [3.8, 4) is 0 Å². The van der Waals surface area contributed by atoms with Crippen LogP contribution >= 0.6 is 0 Å². The van der Waals surface area contributed by atoms with Crippen LogP contribution < -0.4 is 0 Å². The van der Waals surface area contributed by atoms with E-state index in [0.717, 1.165) is 44.2 Å². The Balaban J connectivity index is 1.35. The summed E-state index contributed by atoms with van der Waals surface area (Å²) < 4.78 is 5.30. The molecular weight excluding hydrogens is 274 g/mol. The number of hydrogen-bond donors (Lipinski definition) is 0. The third-order valence-electron chi connectivity index (χ3n) is 4.30. The van der Waals surface area contributed by atoms with Gasteiger partial charge >= 0.3 is 0 Å². The van der Waals surface area contributed by atoms with Crippen molar-refractivity contribution < 1.29 is 4.52 Å². The van der Waals surface area contributed by atoms with E-state index < -0.39 is 0 Å². The molecule has 0 N–H and O–H groups in total. The topological polar surface area (TPSA) is 32.5 Å². The van der Waals surface area contributed by atoms with Crippen LogP contribution in [-0.4, -0.2) is 47.7 Å². The van der Waals surface area contributed by atoms with Crippen molar-refractivity contribution in [3.05, 3.63) is 53.4 Å². The van der Waals surface area contributed by atoms with Gasteiger partial charge in [-0.25, -0.2) is 0 Å². The van der Waals surface area contributed by atoms with Gasteiger partial charge in [-0.05, 0) is 31.9 Å². The lowest BCUT2D eigenvalue weighted by atomic mass is 10.1. The average Bonchev–Trinajstić information content (AvgIpc) is 2.95. The maximum Gasteiger partial charge on any atom is 0.150 e. The van der Waals surface area contributed by atoms with E-state index in [2.05, 4.69) is 45.3 Å². The lowest BCUT2D eigenvalue weighted by Crippen LogP contribution is -2.46. The SMILES string of the molecule is Cc1cc(CN2CCN(CCCc3ccccc3)CC2)on1. The van der Waals surface area contributed by atoms with Crippen LogP contribution in [0.2, 0.25) is 0 Å². The Kier molecular flexibility index (Phi) is 5.24. The van der Waals surface area contributed by atoms with Crippen LogP contribution in [0.15, 0.2) is 40.9 Å². The van der Waals surface area contributed by atoms with Crippen molar-refractivity contribution in [2.45, 2.75) is 26.3 Å². The van der Waals surface area contributed by atoms with Crippen molar-refractivity contribution in [2.24, 2.45) is 0 Å². The van der Waals surface area contributed by atoms with E-state index in [4.69, 9.17) is 4.52 Å². The smallest absolute Gasteiger partial charge is 0.150 e. The summed E-state index contributed by atoms with van der Waals surface area (Å²) >= 11 is 0. The molecule has 1 aliphatic heterocycles. The van der Waals surface area contributed by atoms with Gasteiger partial charge in [0.1, 0.15) is 0 Å². The van der Waals surface area contributed by atoms with Crippen LogP contribution in [0, 0.1) is 6.92 Å². The zero-order valence-corrected chi connectivity index (χ0v) is 13.4. The first-order chi connectivity index (χ1) is 10.8. The molecule has 4 nitrogen and oxygen atoms in total. The maximum absolute atomic E-state index is 5.30. The summed E-state index contributed by atoms with van der Waals surface area (Å²) in [6.07, 6.45) is 2.42. The number of hydrogen-bond acceptors (Lipinski definition) is 4. The molecule has 118 valence electrons. The Morgan fingerprint density at radius 1 is 1.05 bits per heavy atom. The fraction of sp³-hybridized carbons (Fsp3) is 0.500. The second-order valence-electron chi connectivity index (χ2n) is 6.14. The van der Waals surface area contributed by atoms with Crippen LogP contribution in [-0.2, 0) is 13.0 Å². The summed E-state index contributed by atoms with van der Waals surface area (Å²) in [7, 11) is 0. The highest BCUT2D eigenvalue weighted by Crippen LogP contribution is 2.10. The molecule has 0 unspecified atom stereocenters. The highest BCUT2D eigenvalue weighted by molar-refractivity contribution is 5.14. The van der Waals surface area contributed by atoms with E-state index in [1.54, 1.807) is 0 Å². The van der Waals surface area contributed by atoms with E-state index in [9.17, 15) is 0 Å². The summed E-state index contributed by atoms with van der Waals surface area (Å²) in [6.45, 7) is 8.60. The largest absolute Gasteiger partial charge is 0.360 e. The number of rotatable bonds is 6. The van der Waals surface area contributed by atoms with Crippen LogP contribution in [0.25, 0.3) is 0 Å². The molecule has 0 amide bonds. The van der Waals surface area contributed by atoms with E-state index >= 15 is 0 Å². The summed E-state index contributed by atoms with van der Waals surface area (Å²) in [5.41, 5.74) is 2.41. The Morgan fingerprint density at radius 3 is 2.45 bits per heavy atom. The number of benzene rings is 1. The van der Waals surface area contributed by atoms with Crippen LogP contribution in [0.1, 0.15) is 23.4 Å². The molecule has 1 fully saturated rings. The minimum Gasteiger partial charge on any atom is -0.360 e. The maximum atomic E-state index is 5.30. The predicted octanol–water partition coefficient (Wildman–Crippen LogP) is 2.73. The molecule has 1 aromatic heterocycles. The van der Waals surface area contributed by atoms with E-state index in [1.165, 1.54) is 24.9 Å². The summed E-state index contributed by atoms with van der Waals surface area (Å²) in [6, 6.07) is 12.8. The van der Waals surface area contributed by atoms with Crippen molar-refractivity contribution in [1.82, 2.24) is 15.0 Å². The fourth-order valence-corrected chi connectivity index (χ4v) is 3.03. The molecule has 1 aromatic carbocycles. The highest BCUT2D eigenvalue weighted by Gasteiger charge is 2.17. The molecule has 0 spiro atoms. The molecule has 0 saturated carbocycles. The third kappa shape index (κ3) is 4.42. The van der Waals surface area contributed by atoms with Gasteiger partial charge in [0.25, 0.3) is 0 Å². The molecule has 0 atom stereocenters. The summed E-state index contributed by atoms with van der Waals surface area (Å²) in [5.74, 6) is 0.982. The van der Waals surface area contributed by atoms with Gasteiger partial charge in [0.05, 0.1) is 12.2 Å². The predicted molar refractivity (Wildman–Crippen MR) is 87.7 cm³/mol. The number of piperazine rings is 1. The molecule has 2 aromatic rings. The average molecular weight is 299 g/mol. The van der Waals surface area contributed by atoms with Crippen molar-refractivity contribution >= 4 is 0 Å². The minimum atomic E-state index is 0.888. The van der Waals surface area contributed by atoms with E-state index in [1.807, 2.05) is 13.0 Å². The third-order valence-corrected chi connectivity index (χ3v) is 4.30. The molecule has 0 bridgehead atoms. The quantitative estimate of drug-likeness (QED) is 0.821. The van der Waals surface area contributed by atoms with Gasteiger partial charge in [-0.1, -0.05) is 35.5 Å².